The first-order valence-corrected chi connectivity index (χ1v) is 8.15. The van der Waals surface area contributed by atoms with E-state index in [0.717, 1.165) is 37.7 Å². The van der Waals surface area contributed by atoms with Crippen LogP contribution in [0.25, 0.3) is 0 Å². The number of carbonyl (C=O) groups is 1. The summed E-state index contributed by atoms with van der Waals surface area (Å²) >= 11 is 0. The maximum absolute atomic E-state index is 12.8. The third kappa shape index (κ3) is 7.48. The summed E-state index contributed by atoms with van der Waals surface area (Å²) in [5.74, 6) is -0.964. The maximum Gasteiger partial charge on any atom is 0.417 e. The number of ether oxygens (including phenoxy) is 1. The van der Waals surface area contributed by atoms with Crippen molar-refractivity contribution in [1.82, 2.24) is 4.98 Å². The highest BCUT2D eigenvalue weighted by atomic mass is 19.4. The Morgan fingerprint density at radius 1 is 1.09 bits per heavy atom. The Bertz CT molecular complexity index is 475. The van der Waals surface area contributed by atoms with Crippen LogP contribution in [0.15, 0.2) is 18.5 Å². The highest BCUT2D eigenvalue weighted by Gasteiger charge is 2.35. The van der Waals surface area contributed by atoms with Crippen LogP contribution in [0.3, 0.4) is 0 Å². The van der Waals surface area contributed by atoms with E-state index in [4.69, 9.17) is 4.74 Å². The molecular formula is C17H24F3NO2. The monoisotopic (exact) mass is 331 g/mol. The predicted molar refractivity (Wildman–Crippen MR) is 82.1 cm³/mol. The predicted octanol–water partition coefficient (Wildman–Crippen LogP) is 5.40. The average Bonchev–Trinajstić information content (AvgIpc) is 2.52. The van der Waals surface area contributed by atoms with E-state index in [0.29, 0.717) is 6.42 Å². The van der Waals surface area contributed by atoms with Crippen molar-refractivity contribution < 1.29 is 22.7 Å². The molecule has 0 saturated heterocycles. The smallest absolute Gasteiger partial charge is 0.417 e. The van der Waals surface area contributed by atoms with E-state index in [1.807, 2.05) is 0 Å². The minimum Gasteiger partial charge on any atom is -0.462 e. The van der Waals surface area contributed by atoms with E-state index >= 15 is 0 Å². The Morgan fingerprint density at radius 2 is 1.70 bits per heavy atom. The number of nitrogens with zero attached hydrogens (tertiary/aromatic N) is 1. The molecule has 0 bridgehead atoms. The number of unbranched alkanes of at least 4 members (excludes halogenated alkanes) is 7. The number of aromatic nitrogens is 1. The molecule has 130 valence electrons. The third-order valence-electron chi connectivity index (χ3n) is 3.58. The van der Waals surface area contributed by atoms with Gasteiger partial charge in [0.15, 0.2) is 0 Å². The third-order valence-corrected chi connectivity index (χ3v) is 3.58. The van der Waals surface area contributed by atoms with E-state index in [-0.39, 0.29) is 6.61 Å². The molecule has 0 atom stereocenters. The quantitative estimate of drug-likeness (QED) is 0.426. The molecule has 6 heteroatoms. The molecular weight excluding hydrogens is 307 g/mol. The number of alkyl halides is 3. The lowest BCUT2D eigenvalue weighted by atomic mass is 10.1. The Balaban J connectivity index is 2.28. The largest absolute Gasteiger partial charge is 0.462 e. The Labute approximate surface area is 135 Å². The number of hydrogen-bond acceptors (Lipinski definition) is 3. The number of pyridine rings is 1. The van der Waals surface area contributed by atoms with Crippen LogP contribution in [-0.4, -0.2) is 17.6 Å². The van der Waals surface area contributed by atoms with E-state index in [2.05, 4.69) is 11.9 Å². The molecule has 0 fully saturated rings. The first-order valence-electron chi connectivity index (χ1n) is 8.15. The second-order valence-corrected chi connectivity index (χ2v) is 5.53. The molecule has 0 aliphatic heterocycles. The lowest BCUT2D eigenvalue weighted by Crippen LogP contribution is -2.16. The van der Waals surface area contributed by atoms with Crippen LogP contribution in [-0.2, 0) is 10.9 Å². The van der Waals surface area contributed by atoms with Crippen LogP contribution in [0.4, 0.5) is 13.2 Å². The SMILES string of the molecule is CCCCCCCCCCOC(=O)c1cnccc1C(F)(F)F. The molecule has 0 unspecified atom stereocenters. The minimum atomic E-state index is -4.59. The van der Waals surface area contributed by atoms with Gasteiger partial charge in [-0.3, -0.25) is 4.98 Å². The number of hydrogen-bond donors (Lipinski definition) is 0. The summed E-state index contributed by atoms with van der Waals surface area (Å²) in [6, 6.07) is 0.785. The highest BCUT2D eigenvalue weighted by molar-refractivity contribution is 5.90. The van der Waals surface area contributed by atoms with Crippen molar-refractivity contribution in [2.45, 2.75) is 64.5 Å². The van der Waals surface area contributed by atoms with Crippen molar-refractivity contribution in [1.29, 1.82) is 0 Å². The lowest BCUT2D eigenvalue weighted by Gasteiger charge is -2.11. The summed E-state index contributed by atoms with van der Waals surface area (Å²) in [6.07, 6.45) is 6.03. The van der Waals surface area contributed by atoms with Crippen molar-refractivity contribution in [3.05, 3.63) is 29.6 Å². The number of esters is 1. The number of rotatable bonds is 10. The number of carbonyl (C=O) groups excluding carboxylic acids is 1. The topological polar surface area (TPSA) is 39.2 Å². The molecule has 3 nitrogen and oxygen atoms in total. The zero-order valence-electron chi connectivity index (χ0n) is 13.5. The zero-order chi connectivity index (χ0) is 17.1. The second-order valence-electron chi connectivity index (χ2n) is 5.53. The minimum absolute atomic E-state index is 0.139. The fourth-order valence-corrected chi connectivity index (χ4v) is 2.28. The van der Waals surface area contributed by atoms with Gasteiger partial charge in [0.25, 0.3) is 0 Å². The van der Waals surface area contributed by atoms with Crippen LogP contribution >= 0.6 is 0 Å². The second kappa shape index (κ2) is 10.2. The van der Waals surface area contributed by atoms with Gasteiger partial charge >= 0.3 is 12.1 Å². The lowest BCUT2D eigenvalue weighted by molar-refractivity contribution is -0.138. The van der Waals surface area contributed by atoms with Gasteiger partial charge in [0.2, 0.25) is 0 Å². The summed E-state index contributed by atoms with van der Waals surface area (Å²) in [6.45, 7) is 2.31. The molecule has 0 N–H and O–H groups in total. The molecule has 1 heterocycles. The van der Waals surface area contributed by atoms with E-state index in [1.54, 1.807) is 0 Å². The first kappa shape index (κ1) is 19.5. The summed E-state index contributed by atoms with van der Waals surface area (Å²) in [4.78, 5) is 15.3. The van der Waals surface area contributed by atoms with Crippen molar-refractivity contribution in [3.8, 4) is 0 Å². The molecule has 0 aromatic carbocycles. The van der Waals surface area contributed by atoms with Gasteiger partial charge < -0.3 is 4.74 Å². The molecule has 0 aliphatic rings. The highest BCUT2D eigenvalue weighted by Crippen LogP contribution is 2.31. The van der Waals surface area contributed by atoms with Crippen molar-refractivity contribution in [3.63, 3.8) is 0 Å². The van der Waals surface area contributed by atoms with Gasteiger partial charge in [0, 0.05) is 12.4 Å². The average molecular weight is 331 g/mol. The Hall–Kier alpha value is -1.59. The van der Waals surface area contributed by atoms with Gasteiger partial charge in [-0.15, -0.1) is 0 Å². The fourth-order valence-electron chi connectivity index (χ4n) is 2.28. The summed E-state index contributed by atoms with van der Waals surface area (Å²) in [5.41, 5.74) is -1.53. The first-order chi connectivity index (χ1) is 11.0. The fraction of sp³-hybridized carbons (Fsp3) is 0.647. The van der Waals surface area contributed by atoms with Gasteiger partial charge in [-0.05, 0) is 12.5 Å². The summed E-state index contributed by atoms with van der Waals surface area (Å²) < 4.78 is 43.3. The molecule has 0 radical (unpaired) electrons. The normalized spacial score (nSPS) is 11.5. The van der Waals surface area contributed by atoms with E-state index in [9.17, 15) is 18.0 Å². The molecule has 0 aliphatic carbocycles. The van der Waals surface area contributed by atoms with Crippen LogP contribution in [0.5, 0.6) is 0 Å². The summed E-state index contributed by atoms with van der Waals surface area (Å²) in [5, 5.41) is 0. The Kier molecular flexibility index (Phi) is 8.66. The van der Waals surface area contributed by atoms with Crippen LogP contribution in [0, 0.1) is 0 Å². The van der Waals surface area contributed by atoms with Gasteiger partial charge in [-0.2, -0.15) is 13.2 Å². The molecule has 1 aromatic rings. The maximum atomic E-state index is 12.8. The van der Waals surface area contributed by atoms with Crippen molar-refractivity contribution >= 4 is 5.97 Å². The van der Waals surface area contributed by atoms with Gasteiger partial charge in [0.05, 0.1) is 17.7 Å². The van der Waals surface area contributed by atoms with Gasteiger partial charge in [-0.25, -0.2) is 4.79 Å². The molecule has 0 spiro atoms. The van der Waals surface area contributed by atoms with Crippen molar-refractivity contribution in [2.75, 3.05) is 6.61 Å². The Morgan fingerprint density at radius 3 is 2.30 bits per heavy atom. The van der Waals surface area contributed by atoms with Gasteiger partial charge in [0.1, 0.15) is 0 Å². The van der Waals surface area contributed by atoms with Crippen LogP contribution in [0.2, 0.25) is 0 Å². The zero-order valence-corrected chi connectivity index (χ0v) is 13.5. The summed E-state index contributed by atoms with van der Waals surface area (Å²) in [7, 11) is 0. The molecule has 1 rings (SSSR count). The number of halogens is 3. The molecule has 0 amide bonds. The molecule has 1 aromatic heterocycles. The van der Waals surface area contributed by atoms with Crippen LogP contribution in [0.1, 0.15) is 74.2 Å². The van der Waals surface area contributed by atoms with Crippen LogP contribution < -0.4 is 0 Å². The standard InChI is InChI=1S/C17H24F3NO2/c1-2-3-4-5-6-7-8-9-12-23-16(22)14-13-21-11-10-15(14)17(18,19)20/h10-11,13H,2-9,12H2,1H3. The van der Waals surface area contributed by atoms with Gasteiger partial charge in [-0.1, -0.05) is 51.9 Å². The van der Waals surface area contributed by atoms with Crippen molar-refractivity contribution in [2.24, 2.45) is 0 Å². The van der Waals surface area contributed by atoms with E-state index < -0.39 is 23.3 Å². The molecule has 0 saturated carbocycles. The molecule has 23 heavy (non-hydrogen) atoms. The van der Waals surface area contributed by atoms with E-state index in [1.165, 1.54) is 25.7 Å².